The summed E-state index contributed by atoms with van der Waals surface area (Å²) in [7, 11) is 0. The van der Waals surface area contributed by atoms with Crippen molar-refractivity contribution in [2.24, 2.45) is 5.73 Å². The second-order valence-electron chi connectivity index (χ2n) is 6.68. The van der Waals surface area contributed by atoms with Gasteiger partial charge in [0.2, 0.25) is 5.91 Å². The molecule has 0 fully saturated rings. The molecule has 0 saturated carbocycles. The summed E-state index contributed by atoms with van der Waals surface area (Å²) in [6.07, 6.45) is 0. The maximum atomic E-state index is 12.6. The third-order valence-electron chi connectivity index (χ3n) is 4.44. The van der Waals surface area contributed by atoms with E-state index >= 15 is 0 Å². The predicted molar refractivity (Wildman–Crippen MR) is 94.9 cm³/mol. The average molecular weight is 327 g/mol. The van der Waals surface area contributed by atoms with Crippen LogP contribution >= 0.6 is 0 Å². The van der Waals surface area contributed by atoms with Gasteiger partial charge < -0.3 is 15.6 Å². The summed E-state index contributed by atoms with van der Waals surface area (Å²) in [6.45, 7) is 9.18. The Hall–Kier alpha value is -2.56. The van der Waals surface area contributed by atoms with Gasteiger partial charge in [-0.2, -0.15) is 0 Å². The van der Waals surface area contributed by atoms with Gasteiger partial charge in [-0.1, -0.05) is 30.3 Å². The highest BCUT2D eigenvalue weighted by molar-refractivity contribution is 5.99. The summed E-state index contributed by atoms with van der Waals surface area (Å²) in [5, 5.41) is 2.71. The summed E-state index contributed by atoms with van der Waals surface area (Å²) in [5.74, 6) is -0.860. The third kappa shape index (κ3) is 3.35. The summed E-state index contributed by atoms with van der Waals surface area (Å²) in [5.41, 5.74) is 7.83. The monoisotopic (exact) mass is 327 g/mol. The van der Waals surface area contributed by atoms with Crippen LogP contribution in [0.1, 0.15) is 54.1 Å². The van der Waals surface area contributed by atoms with Gasteiger partial charge in [0.15, 0.2) is 0 Å². The van der Waals surface area contributed by atoms with E-state index < -0.39 is 11.4 Å². The number of carbonyl (C=O) groups is 2. The first-order valence-corrected chi connectivity index (χ1v) is 8.01. The van der Waals surface area contributed by atoms with Gasteiger partial charge in [-0.3, -0.25) is 9.59 Å². The molecule has 0 radical (unpaired) electrons. The minimum Gasteiger partial charge on any atom is -0.368 e. The normalized spacial score (nSPS) is 12.7. The highest BCUT2D eigenvalue weighted by Gasteiger charge is 2.29. The Morgan fingerprint density at radius 1 is 1.17 bits per heavy atom. The molecule has 1 atom stereocenters. The molecule has 0 unspecified atom stereocenters. The van der Waals surface area contributed by atoms with Gasteiger partial charge in [0.1, 0.15) is 5.54 Å². The van der Waals surface area contributed by atoms with E-state index in [2.05, 4.69) is 28.9 Å². The number of nitrogens with zero attached hydrogens (tertiary/aromatic N) is 1. The molecule has 2 aromatic rings. The molecule has 0 aliphatic heterocycles. The number of rotatable bonds is 5. The molecular formula is C19H25N3O2. The molecule has 5 nitrogen and oxygen atoms in total. The van der Waals surface area contributed by atoms with Gasteiger partial charge in [-0.25, -0.2) is 0 Å². The van der Waals surface area contributed by atoms with Crippen LogP contribution in [0.25, 0.3) is 0 Å². The molecule has 5 heteroatoms. The van der Waals surface area contributed by atoms with E-state index in [0.29, 0.717) is 5.56 Å². The van der Waals surface area contributed by atoms with E-state index in [-0.39, 0.29) is 11.9 Å². The number of aromatic nitrogens is 1. The molecule has 3 N–H and O–H groups in total. The van der Waals surface area contributed by atoms with E-state index in [9.17, 15) is 9.59 Å². The molecule has 0 aliphatic carbocycles. The van der Waals surface area contributed by atoms with Crippen LogP contribution in [0.15, 0.2) is 36.4 Å². The van der Waals surface area contributed by atoms with Crippen LogP contribution in [0.2, 0.25) is 0 Å². The van der Waals surface area contributed by atoms with Crippen molar-refractivity contribution in [1.82, 2.24) is 9.88 Å². The van der Waals surface area contributed by atoms with E-state index in [1.165, 1.54) is 5.56 Å². The first-order valence-electron chi connectivity index (χ1n) is 8.01. The Bertz CT molecular complexity index is 760. The minimum absolute atomic E-state index is 0.108. The van der Waals surface area contributed by atoms with Crippen LogP contribution < -0.4 is 11.1 Å². The van der Waals surface area contributed by atoms with E-state index in [1.54, 1.807) is 13.8 Å². The maximum absolute atomic E-state index is 12.6. The molecule has 2 rings (SSSR count). The zero-order valence-electron chi connectivity index (χ0n) is 14.9. The van der Waals surface area contributed by atoms with Gasteiger partial charge in [0, 0.05) is 11.4 Å². The number of amides is 2. The van der Waals surface area contributed by atoms with E-state index in [1.807, 2.05) is 38.1 Å². The van der Waals surface area contributed by atoms with Crippen molar-refractivity contribution in [3.8, 4) is 0 Å². The quantitative estimate of drug-likeness (QED) is 0.886. The largest absolute Gasteiger partial charge is 0.368 e. The number of aryl methyl sites for hydroxylation is 1. The summed E-state index contributed by atoms with van der Waals surface area (Å²) < 4.78 is 2.13. The van der Waals surface area contributed by atoms with Crippen LogP contribution in [-0.2, 0) is 4.79 Å². The highest BCUT2D eigenvalue weighted by atomic mass is 16.2. The van der Waals surface area contributed by atoms with Crippen molar-refractivity contribution in [1.29, 1.82) is 0 Å². The Morgan fingerprint density at radius 2 is 1.75 bits per heavy atom. The van der Waals surface area contributed by atoms with Crippen LogP contribution in [-0.4, -0.2) is 21.9 Å². The topological polar surface area (TPSA) is 77.1 Å². The molecule has 0 spiro atoms. The van der Waals surface area contributed by atoms with Gasteiger partial charge in [-0.05, 0) is 46.2 Å². The van der Waals surface area contributed by atoms with E-state index in [0.717, 1.165) is 11.4 Å². The number of benzene rings is 1. The van der Waals surface area contributed by atoms with Crippen LogP contribution in [0.4, 0.5) is 0 Å². The molecule has 1 heterocycles. The first kappa shape index (κ1) is 17.8. The number of nitrogens with two attached hydrogens (primary N) is 1. The average Bonchev–Trinajstić information content (AvgIpc) is 2.82. The molecule has 0 saturated heterocycles. The Morgan fingerprint density at radius 3 is 2.29 bits per heavy atom. The zero-order valence-corrected chi connectivity index (χ0v) is 14.9. The van der Waals surface area contributed by atoms with Crippen molar-refractivity contribution in [2.75, 3.05) is 0 Å². The van der Waals surface area contributed by atoms with Crippen LogP contribution in [0.3, 0.4) is 0 Å². The van der Waals surface area contributed by atoms with Crippen molar-refractivity contribution in [3.63, 3.8) is 0 Å². The standard InChI is InChI=1S/C19H25N3O2/c1-12-11-16(17(23)21-19(4,5)18(20)24)14(3)22(12)13(2)15-9-7-6-8-10-15/h6-11,13H,1-5H3,(H2,20,24)(H,21,23)/t13-/m1/s1. The molecule has 24 heavy (non-hydrogen) atoms. The second kappa shape index (κ2) is 6.51. The smallest absolute Gasteiger partial charge is 0.253 e. The lowest BCUT2D eigenvalue weighted by molar-refractivity contribution is -0.122. The number of carbonyl (C=O) groups excluding carboxylic acids is 2. The fourth-order valence-electron chi connectivity index (χ4n) is 2.90. The van der Waals surface area contributed by atoms with Crippen LogP contribution in [0.5, 0.6) is 0 Å². The Balaban J connectivity index is 2.36. The molecule has 128 valence electrons. The molecule has 1 aromatic carbocycles. The zero-order chi connectivity index (χ0) is 18.1. The fourth-order valence-corrected chi connectivity index (χ4v) is 2.90. The summed E-state index contributed by atoms with van der Waals surface area (Å²) in [4.78, 5) is 24.0. The molecule has 0 aliphatic rings. The van der Waals surface area contributed by atoms with Gasteiger partial charge in [0.25, 0.3) is 5.91 Å². The third-order valence-corrected chi connectivity index (χ3v) is 4.44. The molecule has 2 amide bonds. The predicted octanol–water partition coefficient (Wildman–Crippen LogP) is 2.71. The van der Waals surface area contributed by atoms with Gasteiger partial charge in [-0.15, -0.1) is 0 Å². The molecule has 0 bridgehead atoms. The maximum Gasteiger partial charge on any atom is 0.253 e. The van der Waals surface area contributed by atoms with Crippen LogP contribution in [0, 0.1) is 13.8 Å². The Kier molecular flexibility index (Phi) is 4.83. The minimum atomic E-state index is -1.09. The van der Waals surface area contributed by atoms with Crippen molar-refractivity contribution in [3.05, 3.63) is 58.9 Å². The van der Waals surface area contributed by atoms with Gasteiger partial charge >= 0.3 is 0 Å². The number of nitrogens with one attached hydrogen (secondary N) is 1. The number of primary amides is 1. The van der Waals surface area contributed by atoms with Crippen molar-refractivity contribution < 1.29 is 9.59 Å². The van der Waals surface area contributed by atoms with Crippen molar-refractivity contribution in [2.45, 2.75) is 46.2 Å². The lowest BCUT2D eigenvalue weighted by atomic mass is 10.0. The lowest BCUT2D eigenvalue weighted by Crippen LogP contribution is -2.53. The van der Waals surface area contributed by atoms with E-state index in [4.69, 9.17) is 5.73 Å². The van der Waals surface area contributed by atoms with Gasteiger partial charge in [0.05, 0.1) is 11.6 Å². The number of hydrogen-bond acceptors (Lipinski definition) is 2. The summed E-state index contributed by atoms with van der Waals surface area (Å²) in [6, 6.07) is 12.1. The first-order chi connectivity index (χ1) is 11.1. The fraction of sp³-hybridized carbons (Fsp3) is 0.368. The van der Waals surface area contributed by atoms with Crippen molar-refractivity contribution >= 4 is 11.8 Å². The Labute approximate surface area is 142 Å². The molecular weight excluding hydrogens is 302 g/mol. The molecule has 1 aromatic heterocycles. The highest BCUT2D eigenvalue weighted by Crippen LogP contribution is 2.25. The summed E-state index contributed by atoms with van der Waals surface area (Å²) >= 11 is 0. The lowest BCUT2D eigenvalue weighted by Gasteiger charge is -2.22. The SMILES string of the molecule is Cc1cc(C(=O)NC(C)(C)C(N)=O)c(C)n1[C@H](C)c1ccccc1. The number of hydrogen-bond donors (Lipinski definition) is 2. The second-order valence-corrected chi connectivity index (χ2v) is 6.68.